The normalized spacial score (nSPS) is 16.8. The average Bonchev–Trinajstić information content (AvgIpc) is 3.15. The first-order valence-corrected chi connectivity index (χ1v) is 10.7. The van der Waals surface area contributed by atoms with Crippen molar-refractivity contribution < 1.29 is 9.59 Å². The van der Waals surface area contributed by atoms with Crippen molar-refractivity contribution in [3.63, 3.8) is 0 Å². The zero-order chi connectivity index (χ0) is 21.3. The summed E-state index contributed by atoms with van der Waals surface area (Å²) in [7, 11) is 0. The van der Waals surface area contributed by atoms with Gasteiger partial charge >= 0.3 is 0 Å². The molecule has 8 heteroatoms. The number of nitrogens with one attached hydrogen (secondary N) is 1. The lowest BCUT2D eigenvalue weighted by atomic mass is 10.00. The number of H-pyrrole nitrogens is 1. The van der Waals surface area contributed by atoms with Crippen molar-refractivity contribution in [2.45, 2.75) is 25.8 Å². The van der Waals surface area contributed by atoms with Gasteiger partial charge < -0.3 is 14.8 Å². The second-order valence-corrected chi connectivity index (χ2v) is 8.19. The molecule has 1 atom stereocenters. The summed E-state index contributed by atoms with van der Waals surface area (Å²) in [6, 6.07) is 11.0. The van der Waals surface area contributed by atoms with Crippen LogP contribution >= 0.6 is 23.2 Å². The van der Waals surface area contributed by atoms with Crippen molar-refractivity contribution in [3.8, 4) is 0 Å². The highest BCUT2D eigenvalue weighted by Crippen LogP contribution is 2.25. The molecule has 1 aliphatic rings. The SMILES string of the molecule is CCC(=O)N1CCN(C(=O)c2cc(Cl)nc(Cl)c2)[C@H](Cc2c[nH]c3ccccc23)C1. The van der Waals surface area contributed by atoms with E-state index >= 15 is 0 Å². The quantitative estimate of drug-likeness (QED) is 0.613. The molecule has 0 aliphatic carbocycles. The lowest BCUT2D eigenvalue weighted by Gasteiger charge is -2.41. The van der Waals surface area contributed by atoms with E-state index < -0.39 is 0 Å². The van der Waals surface area contributed by atoms with Crippen LogP contribution in [0.2, 0.25) is 10.3 Å². The Kier molecular flexibility index (Phi) is 5.97. The summed E-state index contributed by atoms with van der Waals surface area (Å²) >= 11 is 12.0. The van der Waals surface area contributed by atoms with E-state index in [4.69, 9.17) is 23.2 Å². The molecule has 2 amide bonds. The highest BCUT2D eigenvalue weighted by Gasteiger charge is 2.33. The van der Waals surface area contributed by atoms with Gasteiger partial charge in [-0.3, -0.25) is 9.59 Å². The van der Waals surface area contributed by atoms with E-state index in [1.54, 1.807) is 0 Å². The third-order valence-corrected chi connectivity index (χ3v) is 5.93. The highest BCUT2D eigenvalue weighted by atomic mass is 35.5. The third-order valence-electron chi connectivity index (χ3n) is 5.54. The van der Waals surface area contributed by atoms with Crippen molar-refractivity contribution in [1.29, 1.82) is 0 Å². The average molecular weight is 445 g/mol. The Bertz CT molecular complexity index is 1080. The number of aromatic amines is 1. The minimum Gasteiger partial charge on any atom is -0.361 e. The summed E-state index contributed by atoms with van der Waals surface area (Å²) in [4.78, 5) is 36.5. The minimum atomic E-state index is -0.160. The molecule has 1 N–H and O–H groups in total. The second-order valence-electron chi connectivity index (χ2n) is 7.41. The van der Waals surface area contributed by atoms with Crippen LogP contribution in [0.5, 0.6) is 0 Å². The number of amides is 2. The van der Waals surface area contributed by atoms with E-state index in [0.29, 0.717) is 38.0 Å². The van der Waals surface area contributed by atoms with Gasteiger partial charge in [0.2, 0.25) is 5.91 Å². The number of halogens is 2. The van der Waals surface area contributed by atoms with Gasteiger partial charge in [0.1, 0.15) is 10.3 Å². The Morgan fingerprint density at radius 3 is 2.63 bits per heavy atom. The molecule has 3 aromatic rings. The molecule has 1 aromatic carbocycles. The summed E-state index contributed by atoms with van der Waals surface area (Å²) in [6.07, 6.45) is 3.06. The second kappa shape index (κ2) is 8.66. The number of hydrogen-bond acceptors (Lipinski definition) is 3. The van der Waals surface area contributed by atoms with Crippen molar-refractivity contribution >= 4 is 45.9 Å². The number of carbonyl (C=O) groups excluding carboxylic acids is 2. The predicted octanol–water partition coefficient (Wildman–Crippen LogP) is 4.18. The van der Waals surface area contributed by atoms with Gasteiger partial charge in [0.25, 0.3) is 5.91 Å². The number of para-hydroxylation sites is 1. The molecule has 4 rings (SSSR count). The molecule has 1 fully saturated rings. The molecule has 0 unspecified atom stereocenters. The van der Waals surface area contributed by atoms with E-state index in [1.807, 2.05) is 41.1 Å². The maximum Gasteiger partial charge on any atom is 0.254 e. The van der Waals surface area contributed by atoms with Gasteiger partial charge in [-0.1, -0.05) is 48.3 Å². The number of nitrogens with zero attached hydrogens (tertiary/aromatic N) is 3. The van der Waals surface area contributed by atoms with Gasteiger partial charge in [-0.15, -0.1) is 0 Å². The molecule has 0 radical (unpaired) electrons. The van der Waals surface area contributed by atoms with Crippen molar-refractivity contribution in [2.24, 2.45) is 0 Å². The van der Waals surface area contributed by atoms with Crippen molar-refractivity contribution in [1.82, 2.24) is 19.8 Å². The van der Waals surface area contributed by atoms with Crippen LogP contribution in [0.25, 0.3) is 10.9 Å². The first-order valence-electron chi connectivity index (χ1n) is 9.93. The number of carbonyl (C=O) groups is 2. The highest BCUT2D eigenvalue weighted by molar-refractivity contribution is 6.33. The Morgan fingerprint density at radius 2 is 1.90 bits per heavy atom. The van der Waals surface area contributed by atoms with E-state index in [0.717, 1.165) is 16.5 Å². The lowest BCUT2D eigenvalue weighted by molar-refractivity contribution is -0.133. The smallest absolute Gasteiger partial charge is 0.254 e. The summed E-state index contributed by atoms with van der Waals surface area (Å²) in [5.41, 5.74) is 2.57. The Hall–Kier alpha value is -2.57. The summed E-state index contributed by atoms with van der Waals surface area (Å²) < 4.78 is 0. The molecule has 0 bridgehead atoms. The molecular weight excluding hydrogens is 423 g/mol. The molecule has 2 aromatic heterocycles. The molecule has 3 heterocycles. The number of hydrogen-bond donors (Lipinski definition) is 1. The van der Waals surface area contributed by atoms with Crippen LogP contribution in [-0.4, -0.2) is 57.3 Å². The van der Waals surface area contributed by atoms with E-state index in [9.17, 15) is 9.59 Å². The van der Waals surface area contributed by atoms with Gasteiger partial charge in [0.05, 0.1) is 6.04 Å². The van der Waals surface area contributed by atoms with Gasteiger partial charge in [-0.05, 0) is 30.2 Å². The first-order chi connectivity index (χ1) is 14.5. The fourth-order valence-electron chi connectivity index (χ4n) is 4.06. The predicted molar refractivity (Wildman–Crippen MR) is 118 cm³/mol. The van der Waals surface area contributed by atoms with Crippen LogP contribution in [0.15, 0.2) is 42.6 Å². The van der Waals surface area contributed by atoms with Crippen LogP contribution in [0.4, 0.5) is 0 Å². The van der Waals surface area contributed by atoms with Gasteiger partial charge in [0.15, 0.2) is 0 Å². The van der Waals surface area contributed by atoms with E-state index in [1.165, 1.54) is 12.1 Å². The van der Waals surface area contributed by atoms with Gasteiger partial charge in [-0.2, -0.15) is 0 Å². The van der Waals surface area contributed by atoms with E-state index in [-0.39, 0.29) is 28.2 Å². The number of benzene rings is 1. The van der Waals surface area contributed by atoms with Crippen LogP contribution in [0, 0.1) is 0 Å². The largest absolute Gasteiger partial charge is 0.361 e. The number of piperazine rings is 1. The molecular formula is C22H22Cl2N4O2. The monoisotopic (exact) mass is 444 g/mol. The first kappa shape index (κ1) is 20.7. The summed E-state index contributed by atoms with van der Waals surface area (Å²) in [5, 5.41) is 1.48. The molecule has 30 heavy (non-hydrogen) atoms. The fourth-order valence-corrected chi connectivity index (χ4v) is 4.52. The number of pyridine rings is 1. The maximum atomic E-state index is 13.3. The van der Waals surface area contributed by atoms with Crippen LogP contribution in [-0.2, 0) is 11.2 Å². The topological polar surface area (TPSA) is 69.3 Å². The standard InChI is InChI=1S/C22H22Cl2N4O2/c1-2-21(29)27-7-8-28(22(30)14-10-19(23)26-20(24)11-14)16(13-27)9-15-12-25-18-6-4-3-5-17(15)18/h3-6,10-12,16,25H,2,7-9,13H2,1H3/t16-/m1/s1. The number of fused-ring (bicyclic) bond motifs is 1. The van der Waals surface area contributed by atoms with E-state index in [2.05, 4.69) is 16.0 Å². The molecule has 156 valence electrons. The van der Waals surface area contributed by atoms with Crippen molar-refractivity contribution in [2.75, 3.05) is 19.6 Å². The van der Waals surface area contributed by atoms with Gasteiger partial charge in [0, 0.05) is 48.7 Å². The number of rotatable bonds is 4. The maximum absolute atomic E-state index is 13.3. The fraction of sp³-hybridized carbons (Fsp3) is 0.318. The zero-order valence-electron chi connectivity index (χ0n) is 16.6. The zero-order valence-corrected chi connectivity index (χ0v) is 18.1. The third kappa shape index (κ3) is 4.16. The van der Waals surface area contributed by atoms with Crippen molar-refractivity contribution in [3.05, 3.63) is 64.0 Å². The Balaban J connectivity index is 1.65. The van der Waals surface area contributed by atoms with Crippen LogP contribution in [0.3, 0.4) is 0 Å². The summed E-state index contributed by atoms with van der Waals surface area (Å²) in [5.74, 6) is -0.0596. The number of aromatic nitrogens is 2. The Labute approximate surface area is 184 Å². The van der Waals surface area contributed by atoms with Gasteiger partial charge in [-0.25, -0.2) is 4.98 Å². The molecule has 6 nitrogen and oxygen atoms in total. The molecule has 1 saturated heterocycles. The van der Waals surface area contributed by atoms with Crippen LogP contribution in [0.1, 0.15) is 29.3 Å². The molecule has 1 aliphatic heterocycles. The lowest BCUT2D eigenvalue weighted by Crippen LogP contribution is -2.57. The molecule has 0 spiro atoms. The molecule has 0 saturated carbocycles. The summed E-state index contributed by atoms with van der Waals surface area (Å²) in [6.45, 7) is 3.31. The van der Waals surface area contributed by atoms with Crippen LogP contribution < -0.4 is 0 Å². The minimum absolute atomic E-state index is 0.0982. The Morgan fingerprint density at radius 1 is 1.17 bits per heavy atom.